The molecule has 0 aliphatic carbocycles. The molecule has 2 aromatic rings. The molecule has 0 heterocycles. The van der Waals surface area contributed by atoms with E-state index >= 15 is 0 Å². The lowest BCUT2D eigenvalue weighted by Crippen LogP contribution is -1.98. The van der Waals surface area contributed by atoms with Crippen molar-refractivity contribution < 1.29 is 8.78 Å². The highest BCUT2D eigenvalue weighted by Gasteiger charge is 2.06. The van der Waals surface area contributed by atoms with Gasteiger partial charge in [0.1, 0.15) is 11.6 Å². The molecular weight excluding hydrogens is 232 g/mol. The second-order valence-electron chi connectivity index (χ2n) is 3.98. The van der Waals surface area contributed by atoms with Crippen LogP contribution in [0, 0.1) is 11.6 Å². The predicted octanol–water partition coefficient (Wildman–Crippen LogP) is 3.80. The maximum absolute atomic E-state index is 13.2. The van der Waals surface area contributed by atoms with Gasteiger partial charge in [0.15, 0.2) is 0 Å². The first-order chi connectivity index (χ1) is 8.66. The van der Waals surface area contributed by atoms with Crippen LogP contribution in [0.4, 0.5) is 14.5 Å². The van der Waals surface area contributed by atoms with E-state index in [1.54, 1.807) is 0 Å². The average Bonchev–Trinajstić information content (AvgIpc) is 2.36. The predicted molar refractivity (Wildman–Crippen MR) is 70.0 cm³/mol. The van der Waals surface area contributed by atoms with Crippen LogP contribution in [0.5, 0.6) is 0 Å². The minimum Gasteiger partial charge on any atom is -0.396 e. The maximum atomic E-state index is 13.2. The Balaban J connectivity index is 2.14. The van der Waals surface area contributed by atoms with Crippen LogP contribution in [0.3, 0.4) is 0 Å². The van der Waals surface area contributed by atoms with Crippen molar-refractivity contribution in [2.24, 2.45) is 0 Å². The van der Waals surface area contributed by atoms with Crippen molar-refractivity contribution in [2.45, 2.75) is 6.42 Å². The Morgan fingerprint density at radius 1 is 1.06 bits per heavy atom. The third-order valence-corrected chi connectivity index (χ3v) is 2.63. The van der Waals surface area contributed by atoms with Crippen LogP contribution in [0.15, 0.2) is 48.5 Å². The van der Waals surface area contributed by atoms with E-state index in [2.05, 4.69) is 0 Å². The second kappa shape index (κ2) is 5.45. The molecule has 0 fully saturated rings. The monoisotopic (exact) mass is 245 g/mol. The molecule has 0 bridgehead atoms. The Bertz CT molecular complexity index is 562. The van der Waals surface area contributed by atoms with E-state index in [9.17, 15) is 8.78 Å². The van der Waals surface area contributed by atoms with E-state index in [-0.39, 0.29) is 5.69 Å². The van der Waals surface area contributed by atoms with E-state index in [1.807, 2.05) is 42.5 Å². The van der Waals surface area contributed by atoms with E-state index in [0.29, 0.717) is 12.0 Å². The zero-order valence-electron chi connectivity index (χ0n) is 9.74. The van der Waals surface area contributed by atoms with E-state index < -0.39 is 11.6 Å². The SMILES string of the molecule is Nc1c(F)cc(F)cc1C/C=C/c1ccccc1. The lowest BCUT2D eigenvalue weighted by Gasteiger charge is -2.04. The van der Waals surface area contributed by atoms with Crippen molar-refractivity contribution in [1.82, 2.24) is 0 Å². The first kappa shape index (κ1) is 12.3. The van der Waals surface area contributed by atoms with Gasteiger partial charge in [0.05, 0.1) is 5.69 Å². The molecule has 2 rings (SSSR count). The molecule has 1 nitrogen and oxygen atoms in total. The number of nitrogen functional groups attached to an aromatic ring is 1. The number of halogens is 2. The fraction of sp³-hybridized carbons (Fsp3) is 0.0667. The van der Waals surface area contributed by atoms with Gasteiger partial charge >= 0.3 is 0 Å². The van der Waals surface area contributed by atoms with E-state index in [0.717, 1.165) is 11.6 Å². The molecule has 0 aliphatic heterocycles. The standard InChI is InChI=1S/C15H13F2N/c16-13-9-12(15(18)14(17)10-13)8-4-7-11-5-2-1-3-6-11/h1-7,9-10H,8,18H2/b7-4+. The van der Waals surface area contributed by atoms with Gasteiger partial charge in [0.2, 0.25) is 0 Å². The number of rotatable bonds is 3. The molecule has 92 valence electrons. The molecule has 3 heteroatoms. The molecule has 0 aromatic heterocycles. The van der Waals surface area contributed by atoms with Crippen LogP contribution < -0.4 is 5.73 Å². The van der Waals surface area contributed by atoms with Crippen LogP contribution in [-0.4, -0.2) is 0 Å². The van der Waals surface area contributed by atoms with Crippen LogP contribution in [0.1, 0.15) is 11.1 Å². The average molecular weight is 245 g/mol. The number of allylic oxidation sites excluding steroid dienone is 1. The quantitative estimate of drug-likeness (QED) is 0.818. The Hall–Kier alpha value is -2.16. The van der Waals surface area contributed by atoms with Gasteiger partial charge in [0.25, 0.3) is 0 Å². The van der Waals surface area contributed by atoms with Crippen LogP contribution >= 0.6 is 0 Å². The smallest absolute Gasteiger partial charge is 0.149 e. The summed E-state index contributed by atoms with van der Waals surface area (Å²) in [4.78, 5) is 0. The third-order valence-electron chi connectivity index (χ3n) is 2.63. The van der Waals surface area contributed by atoms with Gasteiger partial charge < -0.3 is 5.73 Å². The van der Waals surface area contributed by atoms with Crippen molar-refractivity contribution in [1.29, 1.82) is 0 Å². The molecule has 0 saturated heterocycles. The molecule has 0 unspecified atom stereocenters. The molecule has 2 N–H and O–H groups in total. The molecular formula is C15H13F2N. The summed E-state index contributed by atoms with van der Waals surface area (Å²) in [5.74, 6) is -1.32. The molecule has 0 radical (unpaired) electrons. The highest BCUT2D eigenvalue weighted by atomic mass is 19.1. The Morgan fingerprint density at radius 2 is 1.78 bits per heavy atom. The largest absolute Gasteiger partial charge is 0.396 e. The Morgan fingerprint density at radius 3 is 2.50 bits per heavy atom. The summed E-state index contributed by atoms with van der Waals surface area (Å²) < 4.78 is 26.2. The van der Waals surface area contributed by atoms with Crippen LogP contribution in [-0.2, 0) is 6.42 Å². The first-order valence-corrected chi connectivity index (χ1v) is 5.62. The number of benzene rings is 2. The molecule has 0 atom stereocenters. The second-order valence-corrected chi connectivity index (χ2v) is 3.98. The topological polar surface area (TPSA) is 26.0 Å². The summed E-state index contributed by atoms with van der Waals surface area (Å²) in [6.45, 7) is 0. The summed E-state index contributed by atoms with van der Waals surface area (Å²) >= 11 is 0. The minimum atomic E-state index is -0.710. The van der Waals surface area contributed by atoms with Crippen LogP contribution in [0.2, 0.25) is 0 Å². The zero-order valence-corrected chi connectivity index (χ0v) is 9.74. The first-order valence-electron chi connectivity index (χ1n) is 5.62. The van der Waals surface area contributed by atoms with Gasteiger partial charge in [0, 0.05) is 6.07 Å². The fourth-order valence-corrected chi connectivity index (χ4v) is 1.69. The summed E-state index contributed by atoms with van der Waals surface area (Å²) in [5.41, 5.74) is 7.06. The lowest BCUT2D eigenvalue weighted by atomic mass is 10.1. The molecule has 0 spiro atoms. The third kappa shape index (κ3) is 2.94. The van der Waals surface area contributed by atoms with Crippen molar-refractivity contribution >= 4 is 11.8 Å². The van der Waals surface area contributed by atoms with Gasteiger partial charge in [-0.2, -0.15) is 0 Å². The molecule has 0 saturated carbocycles. The summed E-state index contributed by atoms with van der Waals surface area (Å²) in [6, 6.07) is 11.7. The van der Waals surface area contributed by atoms with Crippen LogP contribution in [0.25, 0.3) is 6.08 Å². The molecule has 18 heavy (non-hydrogen) atoms. The van der Waals surface area contributed by atoms with Crippen molar-refractivity contribution in [3.8, 4) is 0 Å². The van der Waals surface area contributed by atoms with Gasteiger partial charge in [-0.15, -0.1) is 0 Å². The van der Waals surface area contributed by atoms with Gasteiger partial charge in [-0.05, 0) is 23.6 Å². The lowest BCUT2D eigenvalue weighted by molar-refractivity contribution is 0.584. The van der Waals surface area contributed by atoms with Gasteiger partial charge in [-0.1, -0.05) is 42.5 Å². The number of nitrogens with two attached hydrogens (primary N) is 1. The number of hydrogen-bond acceptors (Lipinski definition) is 1. The number of hydrogen-bond donors (Lipinski definition) is 1. The molecule has 0 amide bonds. The Labute approximate surface area is 105 Å². The normalized spacial score (nSPS) is 11.0. The minimum absolute atomic E-state index is 0.00844. The Kier molecular flexibility index (Phi) is 3.72. The van der Waals surface area contributed by atoms with Crippen molar-refractivity contribution in [2.75, 3.05) is 5.73 Å². The van der Waals surface area contributed by atoms with Gasteiger partial charge in [-0.3, -0.25) is 0 Å². The fourth-order valence-electron chi connectivity index (χ4n) is 1.69. The maximum Gasteiger partial charge on any atom is 0.149 e. The highest BCUT2D eigenvalue weighted by molar-refractivity contribution is 5.53. The molecule has 2 aromatic carbocycles. The van der Waals surface area contributed by atoms with E-state index in [1.165, 1.54) is 6.07 Å². The van der Waals surface area contributed by atoms with E-state index in [4.69, 9.17) is 5.73 Å². The highest BCUT2D eigenvalue weighted by Crippen LogP contribution is 2.19. The summed E-state index contributed by atoms with van der Waals surface area (Å²) in [5, 5.41) is 0. The summed E-state index contributed by atoms with van der Waals surface area (Å²) in [7, 11) is 0. The summed E-state index contributed by atoms with van der Waals surface area (Å²) in [6.07, 6.45) is 4.12. The van der Waals surface area contributed by atoms with Gasteiger partial charge in [-0.25, -0.2) is 8.78 Å². The number of anilines is 1. The molecule has 0 aliphatic rings. The zero-order chi connectivity index (χ0) is 13.0. The van der Waals surface area contributed by atoms with Crippen molar-refractivity contribution in [3.63, 3.8) is 0 Å². The van der Waals surface area contributed by atoms with Crippen molar-refractivity contribution in [3.05, 3.63) is 71.3 Å².